The maximum atomic E-state index is 13.4. The van der Waals surface area contributed by atoms with Crippen molar-refractivity contribution in [2.45, 2.75) is 95.9 Å². The number of ether oxygens (including phenoxy) is 1. The lowest BCUT2D eigenvalue weighted by Gasteiger charge is -2.36. The van der Waals surface area contributed by atoms with Gasteiger partial charge in [0.2, 0.25) is 21.8 Å². The summed E-state index contributed by atoms with van der Waals surface area (Å²) in [6.07, 6.45) is 3.71. The third-order valence-corrected chi connectivity index (χ3v) is 10.1. The maximum absolute atomic E-state index is 13.4. The first kappa shape index (κ1) is 29.3. The van der Waals surface area contributed by atoms with E-state index in [1.165, 1.54) is 0 Å². The Hall–Kier alpha value is -2.66. The molecule has 1 unspecified atom stereocenters. The van der Waals surface area contributed by atoms with Gasteiger partial charge in [-0.15, -0.1) is 0 Å². The van der Waals surface area contributed by atoms with Gasteiger partial charge >= 0.3 is 6.09 Å². The van der Waals surface area contributed by atoms with E-state index >= 15 is 0 Å². The van der Waals surface area contributed by atoms with Gasteiger partial charge in [0.05, 0.1) is 5.75 Å². The highest BCUT2D eigenvalue weighted by Crippen LogP contribution is 2.43. The predicted molar refractivity (Wildman–Crippen MR) is 147 cm³/mol. The molecule has 10 nitrogen and oxygen atoms in total. The van der Waals surface area contributed by atoms with E-state index in [1.54, 1.807) is 36.9 Å². The van der Waals surface area contributed by atoms with E-state index in [1.807, 2.05) is 24.3 Å². The van der Waals surface area contributed by atoms with E-state index in [0.29, 0.717) is 13.1 Å². The molecule has 1 aromatic carbocycles. The summed E-state index contributed by atoms with van der Waals surface area (Å²) in [4.78, 5) is 40.2. The number of rotatable bonds is 8. The van der Waals surface area contributed by atoms with Gasteiger partial charge in [-0.1, -0.05) is 24.3 Å². The average molecular weight is 563 g/mol. The van der Waals surface area contributed by atoms with Crippen LogP contribution in [0, 0.1) is 5.92 Å². The molecule has 3 aliphatic rings. The number of carbonyl (C=O) groups excluding carboxylic acids is 3. The molecule has 0 aromatic heterocycles. The van der Waals surface area contributed by atoms with Crippen molar-refractivity contribution >= 4 is 27.9 Å². The van der Waals surface area contributed by atoms with Crippen molar-refractivity contribution < 1.29 is 27.5 Å². The fourth-order valence-electron chi connectivity index (χ4n) is 6.19. The number of sulfonamides is 1. The number of likely N-dealkylation sites (tertiary alicyclic amines) is 1. The Bertz CT molecular complexity index is 1170. The van der Waals surface area contributed by atoms with E-state index < -0.39 is 39.7 Å². The van der Waals surface area contributed by atoms with Crippen molar-refractivity contribution in [2.24, 2.45) is 11.7 Å². The lowest BCUT2D eigenvalue weighted by Crippen LogP contribution is -2.57. The molecule has 1 saturated carbocycles. The standard InChI is InChI=1S/C28H42N4O6S/c1-5-39(36,37)31-14-12-20(13-15-31)19-8-6-18(7-9-19)16-23(25(29)33)30-26(34)24-21-10-11-22(17-21)32(24)27(35)38-28(2,3)4/h6-9,20-24H,5,10-17H2,1-4H3,(H2,29,33)(H,30,34)/t21-,22+,23?,24-/m0/s1. The number of piperidine rings is 2. The molecule has 0 spiro atoms. The van der Waals surface area contributed by atoms with Gasteiger partial charge in [-0.05, 0) is 82.8 Å². The summed E-state index contributed by atoms with van der Waals surface area (Å²) < 4.78 is 31.4. The number of benzene rings is 1. The molecule has 3 fully saturated rings. The lowest BCUT2D eigenvalue weighted by atomic mass is 9.89. The molecule has 2 bridgehead atoms. The molecule has 1 aliphatic carbocycles. The number of nitrogens with zero attached hydrogens (tertiary/aromatic N) is 2. The number of hydrogen-bond acceptors (Lipinski definition) is 6. The second kappa shape index (κ2) is 11.4. The highest BCUT2D eigenvalue weighted by molar-refractivity contribution is 7.89. The normalized spacial score (nSPS) is 24.9. The molecule has 4 rings (SSSR count). The van der Waals surface area contributed by atoms with Gasteiger partial charge in [0.1, 0.15) is 17.7 Å². The number of amides is 3. The quantitative estimate of drug-likeness (QED) is 0.499. The van der Waals surface area contributed by atoms with Crippen molar-refractivity contribution in [3.63, 3.8) is 0 Å². The molecule has 39 heavy (non-hydrogen) atoms. The molecule has 4 atom stereocenters. The van der Waals surface area contributed by atoms with Crippen LogP contribution in [0.1, 0.15) is 76.8 Å². The molecule has 1 aromatic rings. The molecule has 11 heteroatoms. The minimum Gasteiger partial charge on any atom is -0.444 e. The lowest BCUT2D eigenvalue weighted by molar-refractivity contribution is -0.132. The topological polar surface area (TPSA) is 139 Å². The molecular formula is C28H42N4O6S. The van der Waals surface area contributed by atoms with Crippen molar-refractivity contribution in [2.75, 3.05) is 18.8 Å². The summed E-state index contributed by atoms with van der Waals surface area (Å²) in [6.45, 7) is 8.08. The SMILES string of the molecule is CCS(=O)(=O)N1CCC(c2ccc(CC(NC(=O)[C@@H]3[C@H]4CC[C@H](C4)N3C(=O)OC(C)(C)C)C(N)=O)cc2)CC1. The summed E-state index contributed by atoms with van der Waals surface area (Å²) in [6, 6.07) is 6.24. The number of carbonyl (C=O) groups is 3. The van der Waals surface area contributed by atoms with Crippen molar-refractivity contribution in [1.29, 1.82) is 0 Å². The number of nitrogens with two attached hydrogens (primary N) is 1. The Morgan fingerprint density at radius 1 is 1.08 bits per heavy atom. The fraction of sp³-hybridized carbons (Fsp3) is 0.679. The first-order valence-electron chi connectivity index (χ1n) is 14.0. The van der Waals surface area contributed by atoms with Crippen LogP contribution in [0.5, 0.6) is 0 Å². The molecular weight excluding hydrogens is 520 g/mol. The zero-order chi connectivity index (χ0) is 28.5. The number of nitrogens with one attached hydrogen (secondary N) is 1. The van der Waals surface area contributed by atoms with E-state index in [-0.39, 0.29) is 36.0 Å². The van der Waals surface area contributed by atoms with Crippen LogP contribution in [0.4, 0.5) is 4.79 Å². The third-order valence-electron chi connectivity index (χ3n) is 8.22. The first-order valence-corrected chi connectivity index (χ1v) is 15.6. The van der Waals surface area contributed by atoms with Crippen LogP contribution in [0.15, 0.2) is 24.3 Å². The van der Waals surface area contributed by atoms with Gasteiger partial charge in [-0.3, -0.25) is 14.5 Å². The highest BCUT2D eigenvalue weighted by atomic mass is 32.2. The van der Waals surface area contributed by atoms with Gasteiger partial charge in [-0.25, -0.2) is 17.5 Å². The Kier molecular flexibility index (Phi) is 8.61. The highest BCUT2D eigenvalue weighted by Gasteiger charge is 2.52. The van der Waals surface area contributed by atoms with Gasteiger partial charge in [0.15, 0.2) is 0 Å². The molecule has 2 aliphatic heterocycles. The number of fused-ring (bicyclic) bond motifs is 2. The second-order valence-electron chi connectivity index (χ2n) is 12.0. The molecule has 2 heterocycles. The van der Waals surface area contributed by atoms with E-state index in [0.717, 1.165) is 43.2 Å². The fourth-order valence-corrected chi connectivity index (χ4v) is 7.33. The summed E-state index contributed by atoms with van der Waals surface area (Å²) in [5, 5.41) is 2.82. The van der Waals surface area contributed by atoms with Crippen LogP contribution in [0.2, 0.25) is 0 Å². The smallest absolute Gasteiger partial charge is 0.411 e. The van der Waals surface area contributed by atoms with Gasteiger partial charge in [0.25, 0.3) is 0 Å². The van der Waals surface area contributed by atoms with Crippen molar-refractivity contribution in [1.82, 2.24) is 14.5 Å². The molecule has 3 amide bonds. The van der Waals surface area contributed by atoms with Gasteiger partial charge in [0, 0.05) is 25.6 Å². The Labute approximate surface area is 231 Å². The van der Waals surface area contributed by atoms with Crippen LogP contribution in [-0.2, 0) is 30.8 Å². The molecule has 216 valence electrons. The van der Waals surface area contributed by atoms with Gasteiger partial charge < -0.3 is 15.8 Å². The summed E-state index contributed by atoms with van der Waals surface area (Å²) in [5.74, 6) is -0.587. The van der Waals surface area contributed by atoms with E-state index in [4.69, 9.17) is 10.5 Å². The largest absolute Gasteiger partial charge is 0.444 e. The Balaban J connectivity index is 1.38. The van der Waals surface area contributed by atoms with Crippen LogP contribution in [-0.4, -0.2) is 78.1 Å². The second-order valence-corrected chi connectivity index (χ2v) is 14.3. The maximum Gasteiger partial charge on any atom is 0.411 e. The van der Waals surface area contributed by atoms with Crippen LogP contribution >= 0.6 is 0 Å². The van der Waals surface area contributed by atoms with E-state index in [2.05, 4.69) is 5.32 Å². The average Bonchev–Trinajstić information content (AvgIpc) is 3.50. The Morgan fingerprint density at radius 3 is 2.28 bits per heavy atom. The van der Waals surface area contributed by atoms with Crippen molar-refractivity contribution in [3.8, 4) is 0 Å². The molecule has 2 saturated heterocycles. The molecule has 0 radical (unpaired) electrons. The summed E-state index contributed by atoms with van der Waals surface area (Å²) in [7, 11) is -3.16. The van der Waals surface area contributed by atoms with Gasteiger partial charge in [-0.2, -0.15) is 0 Å². The monoisotopic (exact) mass is 562 g/mol. The van der Waals surface area contributed by atoms with Crippen LogP contribution < -0.4 is 11.1 Å². The van der Waals surface area contributed by atoms with E-state index in [9.17, 15) is 22.8 Å². The minimum atomic E-state index is -3.16. The van der Waals surface area contributed by atoms with Crippen LogP contribution in [0.3, 0.4) is 0 Å². The summed E-state index contributed by atoms with van der Waals surface area (Å²) >= 11 is 0. The number of primary amides is 1. The predicted octanol–water partition coefficient (Wildman–Crippen LogP) is 2.52. The minimum absolute atomic E-state index is 0.0332. The zero-order valence-corrected chi connectivity index (χ0v) is 24.2. The summed E-state index contributed by atoms with van der Waals surface area (Å²) in [5.41, 5.74) is 6.98. The molecule has 3 N–H and O–H groups in total. The zero-order valence-electron chi connectivity index (χ0n) is 23.4. The van der Waals surface area contributed by atoms with Crippen molar-refractivity contribution in [3.05, 3.63) is 35.4 Å². The third kappa shape index (κ3) is 6.74. The number of hydrogen-bond donors (Lipinski definition) is 2. The van der Waals surface area contributed by atoms with Crippen LogP contribution in [0.25, 0.3) is 0 Å². The first-order chi connectivity index (χ1) is 18.3. The Morgan fingerprint density at radius 2 is 1.72 bits per heavy atom.